The van der Waals surface area contributed by atoms with Gasteiger partial charge in [0.15, 0.2) is 5.78 Å². The maximum absolute atomic E-state index is 10.4. The monoisotopic (exact) mass is 127 g/mol. The summed E-state index contributed by atoms with van der Waals surface area (Å²) < 4.78 is 0. The van der Waals surface area contributed by atoms with E-state index < -0.39 is 0 Å². The van der Waals surface area contributed by atoms with Crippen molar-refractivity contribution in [2.45, 2.75) is 13.3 Å². The Morgan fingerprint density at radius 2 is 2.44 bits per heavy atom. The van der Waals surface area contributed by atoms with Crippen LogP contribution >= 0.6 is 0 Å². The van der Waals surface area contributed by atoms with Crippen LogP contribution < -0.4 is 5.73 Å². The standard InChI is InChI=1S/C5H9N3O/c1-2-4(9)3-8-5(6)7/h3H,2H2,1H3,(H3,6,7). The lowest BCUT2D eigenvalue weighted by Crippen LogP contribution is -2.08. The number of hydrogen-bond donors (Lipinski definition) is 2. The zero-order valence-electron chi connectivity index (χ0n) is 5.22. The number of Topliss-reactive ketones (excluding diaryl/α,β-unsaturated/α-hetero) is 1. The Kier molecular flexibility index (Phi) is 3.27. The van der Waals surface area contributed by atoms with Gasteiger partial charge in [0.1, 0.15) is 0 Å². The molecule has 0 heterocycles. The molecule has 0 aliphatic heterocycles. The summed E-state index contributed by atoms with van der Waals surface area (Å²) in [5, 5.41) is 6.59. The molecule has 0 atom stereocenters. The third-order valence-electron chi connectivity index (χ3n) is 0.696. The number of rotatable bonds is 2. The average molecular weight is 127 g/mol. The predicted molar refractivity (Wildman–Crippen MR) is 35.7 cm³/mol. The maximum Gasteiger partial charge on any atom is 0.212 e. The molecule has 0 aliphatic carbocycles. The Bertz CT molecular complexity index is 150. The van der Waals surface area contributed by atoms with Crippen molar-refractivity contribution in [1.82, 2.24) is 0 Å². The number of hydrogen-bond acceptors (Lipinski definition) is 2. The maximum atomic E-state index is 10.4. The van der Waals surface area contributed by atoms with Crippen LogP contribution in [0.15, 0.2) is 4.99 Å². The molecule has 0 unspecified atom stereocenters. The molecule has 0 aliphatic rings. The van der Waals surface area contributed by atoms with Gasteiger partial charge in [0.2, 0.25) is 5.96 Å². The second-order valence-electron chi connectivity index (χ2n) is 1.46. The van der Waals surface area contributed by atoms with Crippen LogP contribution in [0.3, 0.4) is 0 Å². The lowest BCUT2D eigenvalue weighted by atomic mass is 10.3. The van der Waals surface area contributed by atoms with Crippen LogP contribution in [0, 0.1) is 5.41 Å². The van der Waals surface area contributed by atoms with Crippen LogP contribution in [0.2, 0.25) is 0 Å². The average Bonchev–Trinajstić information content (AvgIpc) is 1.83. The van der Waals surface area contributed by atoms with Crippen molar-refractivity contribution in [2.75, 3.05) is 0 Å². The summed E-state index contributed by atoms with van der Waals surface area (Å²) in [6, 6.07) is 0. The summed E-state index contributed by atoms with van der Waals surface area (Å²) in [6.07, 6.45) is 1.46. The van der Waals surface area contributed by atoms with Crippen LogP contribution in [-0.2, 0) is 4.79 Å². The quantitative estimate of drug-likeness (QED) is 0.402. The highest BCUT2D eigenvalue weighted by Gasteiger charge is 1.89. The molecule has 4 nitrogen and oxygen atoms in total. The fourth-order valence-electron chi connectivity index (χ4n) is 0.233. The Morgan fingerprint density at radius 1 is 1.89 bits per heavy atom. The number of ketones is 1. The van der Waals surface area contributed by atoms with Gasteiger partial charge < -0.3 is 5.73 Å². The highest BCUT2D eigenvalue weighted by atomic mass is 16.1. The van der Waals surface area contributed by atoms with Crippen molar-refractivity contribution < 1.29 is 4.79 Å². The van der Waals surface area contributed by atoms with E-state index in [-0.39, 0.29) is 11.7 Å². The van der Waals surface area contributed by atoms with Crippen molar-refractivity contribution in [3.05, 3.63) is 0 Å². The Hall–Kier alpha value is -1.19. The van der Waals surface area contributed by atoms with Gasteiger partial charge in [-0.05, 0) is 0 Å². The topological polar surface area (TPSA) is 79.3 Å². The predicted octanol–water partition coefficient (Wildman–Crippen LogP) is -0.0702. The van der Waals surface area contributed by atoms with Crippen LogP contribution in [0.5, 0.6) is 0 Å². The summed E-state index contributed by atoms with van der Waals surface area (Å²) in [7, 11) is 0. The molecule has 0 saturated heterocycles. The van der Waals surface area contributed by atoms with E-state index in [4.69, 9.17) is 11.1 Å². The first-order chi connectivity index (χ1) is 4.16. The van der Waals surface area contributed by atoms with Gasteiger partial charge in [-0.25, -0.2) is 4.99 Å². The molecular weight excluding hydrogens is 118 g/mol. The van der Waals surface area contributed by atoms with E-state index in [0.717, 1.165) is 6.21 Å². The van der Waals surface area contributed by atoms with Crippen LogP contribution in [0.1, 0.15) is 13.3 Å². The minimum atomic E-state index is -0.336. The van der Waals surface area contributed by atoms with Crippen molar-refractivity contribution in [3.63, 3.8) is 0 Å². The molecule has 50 valence electrons. The van der Waals surface area contributed by atoms with Gasteiger partial charge in [0.05, 0.1) is 6.21 Å². The smallest absolute Gasteiger partial charge is 0.212 e. The Morgan fingerprint density at radius 3 is 2.78 bits per heavy atom. The molecule has 0 aromatic heterocycles. The number of carbonyl (C=O) groups is 1. The number of aliphatic imine (C=N–C) groups is 1. The first-order valence-corrected chi connectivity index (χ1v) is 2.57. The molecule has 0 aromatic carbocycles. The Labute approximate surface area is 53.3 Å². The molecule has 0 bridgehead atoms. The summed E-state index contributed by atoms with van der Waals surface area (Å²) in [5.41, 5.74) is 4.83. The molecule has 0 amide bonds. The molecule has 9 heavy (non-hydrogen) atoms. The molecule has 3 N–H and O–H groups in total. The first kappa shape index (κ1) is 7.81. The van der Waals surface area contributed by atoms with E-state index in [1.807, 2.05) is 0 Å². The normalized spacial score (nSPS) is 9.89. The molecular formula is C5H9N3O. The van der Waals surface area contributed by atoms with Gasteiger partial charge in [0, 0.05) is 6.42 Å². The second kappa shape index (κ2) is 3.77. The van der Waals surface area contributed by atoms with E-state index in [1.54, 1.807) is 6.92 Å². The zero-order valence-corrected chi connectivity index (χ0v) is 5.22. The van der Waals surface area contributed by atoms with Gasteiger partial charge in [-0.3, -0.25) is 10.2 Å². The molecule has 0 fully saturated rings. The lowest BCUT2D eigenvalue weighted by molar-refractivity contribution is -0.112. The van der Waals surface area contributed by atoms with Gasteiger partial charge >= 0.3 is 0 Å². The van der Waals surface area contributed by atoms with Crippen LogP contribution in [0.4, 0.5) is 0 Å². The molecule has 0 aromatic rings. The van der Waals surface area contributed by atoms with E-state index in [2.05, 4.69) is 4.99 Å². The number of nitrogens with one attached hydrogen (secondary N) is 1. The molecule has 0 spiro atoms. The van der Waals surface area contributed by atoms with Gasteiger partial charge in [0.25, 0.3) is 0 Å². The summed E-state index contributed by atoms with van der Waals surface area (Å²) in [6.45, 7) is 1.72. The minimum absolute atomic E-state index is 0.120. The van der Waals surface area contributed by atoms with Crippen LogP contribution in [0.25, 0.3) is 0 Å². The molecule has 0 rings (SSSR count). The third-order valence-corrected chi connectivity index (χ3v) is 0.696. The number of carbonyl (C=O) groups excluding carboxylic acids is 1. The van der Waals surface area contributed by atoms with Crippen molar-refractivity contribution in [2.24, 2.45) is 10.7 Å². The largest absolute Gasteiger partial charge is 0.368 e. The van der Waals surface area contributed by atoms with E-state index in [0.29, 0.717) is 6.42 Å². The van der Waals surface area contributed by atoms with E-state index in [1.165, 1.54) is 0 Å². The second-order valence-corrected chi connectivity index (χ2v) is 1.46. The lowest BCUT2D eigenvalue weighted by Gasteiger charge is -1.83. The van der Waals surface area contributed by atoms with Crippen LogP contribution in [-0.4, -0.2) is 18.0 Å². The molecule has 4 heteroatoms. The van der Waals surface area contributed by atoms with Gasteiger partial charge in [-0.1, -0.05) is 6.92 Å². The summed E-state index contributed by atoms with van der Waals surface area (Å²) in [5.74, 6) is -0.456. The zero-order chi connectivity index (χ0) is 7.28. The fourth-order valence-corrected chi connectivity index (χ4v) is 0.233. The van der Waals surface area contributed by atoms with Crippen molar-refractivity contribution in [3.8, 4) is 0 Å². The van der Waals surface area contributed by atoms with Gasteiger partial charge in [-0.15, -0.1) is 0 Å². The molecule has 0 saturated carbocycles. The van der Waals surface area contributed by atoms with Gasteiger partial charge in [-0.2, -0.15) is 0 Å². The van der Waals surface area contributed by atoms with E-state index in [9.17, 15) is 4.79 Å². The number of guanidine groups is 1. The number of nitrogens with zero attached hydrogens (tertiary/aromatic N) is 1. The summed E-state index contributed by atoms with van der Waals surface area (Å²) in [4.78, 5) is 13.7. The SMILES string of the molecule is CCC(=O)C=NC(=N)N. The molecule has 0 radical (unpaired) electrons. The first-order valence-electron chi connectivity index (χ1n) is 2.57. The number of nitrogens with two attached hydrogens (primary N) is 1. The highest BCUT2D eigenvalue weighted by Crippen LogP contribution is 1.74. The van der Waals surface area contributed by atoms with Crippen molar-refractivity contribution >= 4 is 18.0 Å². The van der Waals surface area contributed by atoms with E-state index >= 15 is 0 Å². The summed E-state index contributed by atoms with van der Waals surface area (Å²) >= 11 is 0. The van der Waals surface area contributed by atoms with Crippen molar-refractivity contribution in [1.29, 1.82) is 5.41 Å². The fraction of sp³-hybridized carbons (Fsp3) is 0.400. The third kappa shape index (κ3) is 4.67. The Balaban J connectivity index is 3.71. The minimum Gasteiger partial charge on any atom is -0.368 e. The highest BCUT2D eigenvalue weighted by molar-refractivity contribution is 6.29.